The topological polar surface area (TPSA) is 141 Å². The zero-order chi connectivity index (χ0) is 24.1. The average molecular weight is 479 g/mol. The fourth-order valence-electron chi connectivity index (χ4n) is 3.80. The Morgan fingerprint density at radius 2 is 2.06 bits per heavy atom. The summed E-state index contributed by atoms with van der Waals surface area (Å²) in [6.45, 7) is 3.34. The average Bonchev–Trinajstić information content (AvgIpc) is 3.28. The largest absolute Gasteiger partial charge is 0.389 e. The van der Waals surface area contributed by atoms with Gasteiger partial charge in [-0.1, -0.05) is 17.4 Å². The van der Waals surface area contributed by atoms with Gasteiger partial charge in [-0.3, -0.25) is 9.48 Å². The van der Waals surface area contributed by atoms with E-state index in [0.717, 1.165) is 23.5 Å². The van der Waals surface area contributed by atoms with Crippen LogP contribution in [0.5, 0.6) is 0 Å². The van der Waals surface area contributed by atoms with Gasteiger partial charge in [0, 0.05) is 13.1 Å². The van der Waals surface area contributed by atoms with E-state index in [-0.39, 0.29) is 21.3 Å². The van der Waals surface area contributed by atoms with Gasteiger partial charge in [0.05, 0.1) is 29.2 Å². The lowest BCUT2D eigenvalue weighted by atomic mass is 9.84. The number of nitrogen functional groups attached to an aromatic ring is 1. The molecule has 1 aromatic carbocycles. The number of hydrogen-bond donors (Lipinski definition) is 4. The molecule has 0 spiro atoms. The van der Waals surface area contributed by atoms with Crippen LogP contribution in [0.3, 0.4) is 0 Å². The van der Waals surface area contributed by atoms with Crippen LogP contribution in [0.4, 0.5) is 19.5 Å². The molecule has 9 nitrogen and oxygen atoms in total. The first-order chi connectivity index (χ1) is 15.5. The number of aliphatic hydroxyl groups is 1. The minimum absolute atomic E-state index is 0.0104. The first-order valence-corrected chi connectivity index (χ1v) is 11.0. The summed E-state index contributed by atoms with van der Waals surface area (Å²) < 4.78 is 35.8. The number of anilines is 2. The van der Waals surface area contributed by atoms with Gasteiger partial charge >= 0.3 is 0 Å². The number of nitrogens with zero attached hydrogens (tertiary/aromatic N) is 3. The molecule has 0 bridgehead atoms. The second kappa shape index (κ2) is 8.45. The van der Waals surface area contributed by atoms with Crippen molar-refractivity contribution in [3.63, 3.8) is 0 Å². The Hall–Kier alpha value is -2.93. The summed E-state index contributed by atoms with van der Waals surface area (Å²) in [5.74, 6) is -2.27. The molecule has 0 radical (unpaired) electrons. The predicted octanol–water partition coefficient (Wildman–Crippen LogP) is 2.58. The minimum atomic E-state index is -1.20. The third-order valence-electron chi connectivity index (χ3n) is 5.99. The van der Waals surface area contributed by atoms with E-state index < -0.39 is 41.4 Å². The van der Waals surface area contributed by atoms with Gasteiger partial charge in [-0.25, -0.2) is 13.8 Å². The molecular weight excluding hydrogens is 454 g/mol. The summed E-state index contributed by atoms with van der Waals surface area (Å²) >= 11 is 0.808. The minimum Gasteiger partial charge on any atom is -0.389 e. The van der Waals surface area contributed by atoms with Crippen molar-refractivity contribution in [3.05, 3.63) is 47.4 Å². The van der Waals surface area contributed by atoms with E-state index in [1.54, 1.807) is 25.6 Å². The van der Waals surface area contributed by atoms with E-state index in [1.165, 1.54) is 12.3 Å². The maximum atomic E-state index is 14.1. The number of rotatable bonds is 4. The molecule has 4 atom stereocenters. The molecule has 1 saturated heterocycles. The van der Waals surface area contributed by atoms with Crippen molar-refractivity contribution in [3.8, 4) is 10.6 Å². The number of carbonyl (C=O) groups excluding carboxylic acids is 1. The standard InChI is InChI=1S/C21H24F2N6O3S/c1-9-21(2,31)14(24)7-13(32-9)17-12(8-26-29(17)3)27-19(30)16-18(25)33-20(28-16)15-10(22)5-4-6-11(15)23/h4-6,8-9,13-14,31H,7,24-25H2,1-3H3,(H,27,30)/t9-,13-,14-,21-/m1/s1. The van der Waals surface area contributed by atoms with Gasteiger partial charge in [0.25, 0.3) is 5.91 Å². The number of thiazole rings is 1. The van der Waals surface area contributed by atoms with Crippen LogP contribution in [-0.2, 0) is 11.8 Å². The lowest BCUT2D eigenvalue weighted by Crippen LogP contribution is -2.58. The van der Waals surface area contributed by atoms with Crippen molar-refractivity contribution in [2.75, 3.05) is 11.1 Å². The lowest BCUT2D eigenvalue weighted by Gasteiger charge is -2.43. The SMILES string of the molecule is C[C@H]1O[C@@H](c2c(NC(=O)c3nc(-c4c(F)cccc4F)sc3N)cnn2C)C[C@@H](N)[C@]1(C)O. The molecule has 33 heavy (non-hydrogen) atoms. The molecule has 1 aliphatic heterocycles. The summed E-state index contributed by atoms with van der Waals surface area (Å²) in [5.41, 5.74) is 11.3. The number of hydrogen-bond acceptors (Lipinski definition) is 8. The number of ether oxygens (including phenoxy) is 1. The zero-order valence-electron chi connectivity index (χ0n) is 18.2. The van der Waals surface area contributed by atoms with Crippen LogP contribution >= 0.6 is 11.3 Å². The molecule has 1 amide bonds. The number of benzene rings is 1. The van der Waals surface area contributed by atoms with E-state index >= 15 is 0 Å². The Kier molecular flexibility index (Phi) is 5.95. The van der Waals surface area contributed by atoms with Gasteiger partial charge < -0.3 is 26.6 Å². The van der Waals surface area contributed by atoms with E-state index in [1.807, 2.05) is 0 Å². The van der Waals surface area contributed by atoms with Crippen molar-refractivity contribution in [1.82, 2.24) is 14.8 Å². The number of amides is 1. The van der Waals surface area contributed by atoms with Crippen molar-refractivity contribution in [1.29, 1.82) is 0 Å². The Balaban J connectivity index is 1.61. The highest BCUT2D eigenvalue weighted by Gasteiger charge is 2.44. The van der Waals surface area contributed by atoms with Gasteiger partial charge in [0.2, 0.25) is 0 Å². The molecule has 2 aromatic heterocycles. The summed E-state index contributed by atoms with van der Waals surface area (Å²) in [5, 5.41) is 17.4. The van der Waals surface area contributed by atoms with Gasteiger partial charge in [-0.05, 0) is 32.4 Å². The van der Waals surface area contributed by atoms with Crippen LogP contribution in [-0.4, -0.2) is 43.5 Å². The zero-order valence-corrected chi connectivity index (χ0v) is 19.0. The molecule has 6 N–H and O–H groups in total. The molecule has 0 aliphatic carbocycles. The number of aromatic nitrogens is 3. The van der Waals surface area contributed by atoms with E-state index in [9.17, 15) is 18.7 Å². The summed E-state index contributed by atoms with van der Waals surface area (Å²) in [4.78, 5) is 17.0. The highest BCUT2D eigenvalue weighted by molar-refractivity contribution is 7.19. The number of nitrogens with two attached hydrogens (primary N) is 2. The highest BCUT2D eigenvalue weighted by Crippen LogP contribution is 2.39. The van der Waals surface area contributed by atoms with E-state index in [0.29, 0.717) is 17.8 Å². The Morgan fingerprint density at radius 1 is 1.39 bits per heavy atom. The molecule has 4 rings (SSSR count). The molecule has 3 heterocycles. The monoisotopic (exact) mass is 478 g/mol. The van der Waals surface area contributed by atoms with Crippen LogP contribution in [0, 0.1) is 11.6 Å². The van der Waals surface area contributed by atoms with Crippen molar-refractivity contribution in [2.24, 2.45) is 12.8 Å². The first-order valence-electron chi connectivity index (χ1n) is 10.2. The number of aryl methyl sites for hydroxylation is 1. The normalized spacial score (nSPS) is 25.2. The second-order valence-electron chi connectivity index (χ2n) is 8.18. The van der Waals surface area contributed by atoms with Crippen molar-refractivity contribution in [2.45, 2.75) is 44.1 Å². The van der Waals surface area contributed by atoms with E-state index in [2.05, 4.69) is 15.4 Å². The number of nitrogens with one attached hydrogen (secondary N) is 1. The molecule has 0 saturated carbocycles. The summed E-state index contributed by atoms with van der Waals surface area (Å²) in [7, 11) is 1.69. The van der Waals surface area contributed by atoms with Gasteiger partial charge in [0.15, 0.2) is 5.69 Å². The lowest BCUT2D eigenvalue weighted by molar-refractivity contribution is -0.172. The Labute approximate surface area is 192 Å². The fourth-order valence-corrected chi connectivity index (χ4v) is 4.67. The predicted molar refractivity (Wildman–Crippen MR) is 120 cm³/mol. The fraction of sp³-hybridized carbons (Fsp3) is 0.381. The van der Waals surface area contributed by atoms with Crippen LogP contribution in [0.25, 0.3) is 10.6 Å². The number of carbonyl (C=O) groups is 1. The third-order valence-corrected chi connectivity index (χ3v) is 6.90. The van der Waals surface area contributed by atoms with Crippen molar-refractivity contribution < 1.29 is 23.4 Å². The number of halogens is 2. The van der Waals surface area contributed by atoms with Crippen LogP contribution in [0.1, 0.15) is 42.6 Å². The maximum Gasteiger partial charge on any atom is 0.277 e. The quantitative estimate of drug-likeness (QED) is 0.452. The molecule has 3 aromatic rings. The van der Waals surface area contributed by atoms with Crippen molar-refractivity contribution >= 4 is 27.9 Å². The van der Waals surface area contributed by atoms with Crippen LogP contribution in [0.15, 0.2) is 24.4 Å². The molecule has 1 aliphatic rings. The summed E-state index contributed by atoms with van der Waals surface area (Å²) in [6, 6.07) is 2.88. The maximum absolute atomic E-state index is 14.1. The van der Waals surface area contributed by atoms with Crippen LogP contribution < -0.4 is 16.8 Å². The molecule has 0 unspecified atom stereocenters. The molecule has 176 valence electrons. The molecule has 1 fully saturated rings. The first kappa shape index (κ1) is 23.2. The molecule has 12 heteroatoms. The summed E-state index contributed by atoms with van der Waals surface area (Å²) in [6.07, 6.45) is 0.653. The van der Waals surface area contributed by atoms with Gasteiger partial charge in [-0.2, -0.15) is 5.10 Å². The Morgan fingerprint density at radius 3 is 2.70 bits per heavy atom. The Bertz CT molecular complexity index is 1180. The third kappa shape index (κ3) is 4.10. The smallest absolute Gasteiger partial charge is 0.277 e. The second-order valence-corrected chi connectivity index (χ2v) is 9.22. The molecular formula is C21H24F2N6O3S. The van der Waals surface area contributed by atoms with Gasteiger partial charge in [-0.15, -0.1) is 0 Å². The van der Waals surface area contributed by atoms with E-state index in [4.69, 9.17) is 16.2 Å². The van der Waals surface area contributed by atoms with Gasteiger partial charge in [0.1, 0.15) is 33.3 Å². The van der Waals surface area contributed by atoms with Crippen LogP contribution in [0.2, 0.25) is 0 Å². The highest BCUT2D eigenvalue weighted by atomic mass is 32.1.